The molecule has 0 spiro atoms. The monoisotopic (exact) mass is 498 g/mol. The fourth-order valence-corrected chi connectivity index (χ4v) is 3.05. The van der Waals surface area contributed by atoms with Gasteiger partial charge in [-0.15, -0.1) is 0 Å². The van der Waals surface area contributed by atoms with E-state index in [0.717, 1.165) is 12.1 Å². The number of nitrogens with zero attached hydrogens (tertiary/aromatic N) is 3. The van der Waals surface area contributed by atoms with Crippen LogP contribution in [0.25, 0.3) is 5.70 Å². The molecule has 0 aliphatic carbocycles. The average molecular weight is 499 g/mol. The summed E-state index contributed by atoms with van der Waals surface area (Å²) < 4.78 is 27.9. The van der Waals surface area contributed by atoms with E-state index in [1.165, 1.54) is 6.07 Å². The molecule has 3 rings (SSSR count). The first-order valence-electron chi connectivity index (χ1n) is 11.0. The molecule has 1 N–H and O–H groups in total. The highest BCUT2D eigenvalue weighted by molar-refractivity contribution is 5.75. The van der Waals surface area contributed by atoms with Crippen LogP contribution in [0.1, 0.15) is 31.4 Å². The largest absolute Gasteiger partial charge is 0.488 e. The van der Waals surface area contributed by atoms with Crippen LogP contribution in [0, 0.1) is 17.6 Å². The topological polar surface area (TPSA) is 112 Å². The Morgan fingerprint density at radius 3 is 2.39 bits per heavy atom. The van der Waals surface area contributed by atoms with Crippen LogP contribution < -0.4 is 14.8 Å². The maximum absolute atomic E-state index is 14.3. The number of hydrogen-bond acceptors (Lipinski definition) is 8. The predicted octanol–water partition coefficient (Wildman–Crippen LogP) is 5.78. The van der Waals surface area contributed by atoms with E-state index in [1.54, 1.807) is 41.9 Å². The Labute approximate surface area is 209 Å². The zero-order valence-electron chi connectivity index (χ0n) is 20.7. The SMILES string of the molecule is C=C(Nc1ccn(CC)n1)c1cc(Oc2ccc(C)cc2F)cc(OC(CC)CN=O)c1.C=O.C=O. The normalized spacial score (nSPS) is 10.6. The molecule has 0 bridgehead atoms. The van der Waals surface area contributed by atoms with E-state index in [2.05, 4.69) is 22.2 Å². The Balaban J connectivity index is 0.00000154. The molecule has 36 heavy (non-hydrogen) atoms. The molecule has 0 fully saturated rings. The third kappa shape index (κ3) is 8.79. The van der Waals surface area contributed by atoms with Crippen molar-refractivity contribution in [2.45, 2.75) is 39.8 Å². The molecule has 10 heteroatoms. The molecule has 1 aromatic heterocycles. The molecule has 1 atom stereocenters. The van der Waals surface area contributed by atoms with Gasteiger partial charge >= 0.3 is 0 Å². The van der Waals surface area contributed by atoms with Crippen LogP contribution in [0.2, 0.25) is 0 Å². The highest BCUT2D eigenvalue weighted by Crippen LogP contribution is 2.32. The van der Waals surface area contributed by atoms with Gasteiger partial charge in [-0.1, -0.05) is 24.7 Å². The number of nitrogens with one attached hydrogen (secondary N) is 1. The number of halogens is 1. The number of rotatable bonds is 11. The van der Waals surface area contributed by atoms with E-state index in [-0.39, 0.29) is 18.4 Å². The van der Waals surface area contributed by atoms with Gasteiger partial charge in [-0.05, 0) is 50.1 Å². The molecule has 2 aromatic carbocycles. The lowest BCUT2D eigenvalue weighted by Crippen LogP contribution is -2.18. The van der Waals surface area contributed by atoms with E-state index >= 15 is 0 Å². The van der Waals surface area contributed by atoms with Crippen molar-refractivity contribution in [3.8, 4) is 17.2 Å². The van der Waals surface area contributed by atoms with Gasteiger partial charge in [0.25, 0.3) is 0 Å². The van der Waals surface area contributed by atoms with Gasteiger partial charge in [0.05, 0.1) is 0 Å². The molecule has 0 aliphatic heterocycles. The predicted molar refractivity (Wildman–Crippen MR) is 138 cm³/mol. The molecule has 1 unspecified atom stereocenters. The Bertz CT molecular complexity index is 1130. The van der Waals surface area contributed by atoms with Crippen molar-refractivity contribution in [2.24, 2.45) is 5.18 Å². The zero-order valence-corrected chi connectivity index (χ0v) is 20.7. The maximum atomic E-state index is 14.3. The Morgan fingerprint density at radius 2 is 1.81 bits per heavy atom. The smallest absolute Gasteiger partial charge is 0.165 e. The average Bonchev–Trinajstić information content (AvgIpc) is 3.35. The van der Waals surface area contributed by atoms with Crippen molar-refractivity contribution in [2.75, 3.05) is 11.9 Å². The molecule has 3 aromatic rings. The number of aromatic nitrogens is 2. The molecule has 1 heterocycles. The zero-order chi connectivity index (χ0) is 27.1. The fraction of sp³-hybridized carbons (Fsp3) is 0.269. The van der Waals surface area contributed by atoms with Crippen LogP contribution in [-0.4, -0.2) is 36.0 Å². The molecule has 0 amide bonds. The number of anilines is 1. The lowest BCUT2D eigenvalue weighted by Gasteiger charge is -2.18. The van der Waals surface area contributed by atoms with Crippen molar-refractivity contribution in [1.82, 2.24) is 9.78 Å². The van der Waals surface area contributed by atoms with Crippen LogP contribution in [0.15, 0.2) is 60.4 Å². The Hall–Kier alpha value is -4.34. The van der Waals surface area contributed by atoms with Gasteiger partial charge in [0.1, 0.15) is 37.7 Å². The second kappa shape index (κ2) is 15.5. The minimum atomic E-state index is -0.462. The molecule has 0 radical (unpaired) electrons. The third-order valence-corrected chi connectivity index (χ3v) is 4.82. The summed E-state index contributed by atoms with van der Waals surface area (Å²) in [5, 5.41) is 10.5. The quantitative estimate of drug-likeness (QED) is 0.334. The second-order valence-electron chi connectivity index (χ2n) is 7.35. The van der Waals surface area contributed by atoms with E-state index in [1.807, 2.05) is 39.7 Å². The third-order valence-electron chi connectivity index (χ3n) is 4.82. The summed E-state index contributed by atoms with van der Waals surface area (Å²) >= 11 is 0. The van der Waals surface area contributed by atoms with E-state index < -0.39 is 5.82 Å². The second-order valence-corrected chi connectivity index (χ2v) is 7.35. The van der Waals surface area contributed by atoms with Crippen molar-refractivity contribution >= 4 is 25.1 Å². The Morgan fingerprint density at radius 1 is 1.11 bits per heavy atom. The summed E-state index contributed by atoms with van der Waals surface area (Å²) in [5.41, 5.74) is 2.03. The number of carbonyl (C=O) groups excluding carboxylic acids is 2. The van der Waals surface area contributed by atoms with Gasteiger partial charge in [0.15, 0.2) is 17.4 Å². The lowest BCUT2D eigenvalue weighted by atomic mass is 10.1. The molecule has 0 saturated carbocycles. The van der Waals surface area contributed by atoms with Crippen molar-refractivity contribution in [1.29, 1.82) is 0 Å². The highest BCUT2D eigenvalue weighted by Gasteiger charge is 2.14. The summed E-state index contributed by atoms with van der Waals surface area (Å²) in [6, 6.07) is 11.8. The summed E-state index contributed by atoms with van der Waals surface area (Å²) in [4.78, 5) is 26.7. The van der Waals surface area contributed by atoms with Gasteiger partial charge in [-0.2, -0.15) is 10.0 Å². The maximum Gasteiger partial charge on any atom is 0.165 e. The summed E-state index contributed by atoms with van der Waals surface area (Å²) in [6.07, 6.45) is 2.09. The number of ether oxygens (including phenoxy) is 2. The minimum absolute atomic E-state index is 0.0250. The van der Waals surface area contributed by atoms with Crippen LogP contribution in [0.4, 0.5) is 10.2 Å². The lowest BCUT2D eigenvalue weighted by molar-refractivity contribution is -0.0987. The van der Waals surface area contributed by atoms with Crippen LogP contribution in [-0.2, 0) is 16.1 Å². The first-order chi connectivity index (χ1) is 17.4. The van der Waals surface area contributed by atoms with Gasteiger partial charge in [-0.3, -0.25) is 4.68 Å². The van der Waals surface area contributed by atoms with Crippen molar-refractivity contribution in [3.05, 3.63) is 77.1 Å². The van der Waals surface area contributed by atoms with E-state index in [4.69, 9.17) is 19.1 Å². The van der Waals surface area contributed by atoms with Crippen LogP contribution >= 0.6 is 0 Å². The number of carbonyl (C=O) groups is 2. The standard InChI is InChI=1S/C24H27FN4O3.2CH2O/c1-5-19(15-26-30)31-20-12-18(17(4)27-24-9-10-29(6-2)28-24)13-21(14-20)32-23-8-7-16(3)11-22(23)25;2*1-2/h7-14,19H,4-6,15H2,1-3H3,(H,27,28);2*1H2. The Kier molecular flexibility index (Phi) is 12.8. The first-order valence-corrected chi connectivity index (χ1v) is 11.0. The minimum Gasteiger partial charge on any atom is -0.488 e. The highest BCUT2D eigenvalue weighted by atomic mass is 19.1. The van der Waals surface area contributed by atoms with E-state index in [9.17, 15) is 9.30 Å². The van der Waals surface area contributed by atoms with Gasteiger partial charge < -0.3 is 24.4 Å². The molecular formula is C26H31FN4O5. The van der Waals surface area contributed by atoms with Gasteiger partial charge in [0, 0.05) is 36.1 Å². The first kappa shape index (κ1) is 29.7. The summed E-state index contributed by atoms with van der Waals surface area (Å²) in [5.74, 6) is 1.11. The summed E-state index contributed by atoms with van der Waals surface area (Å²) in [7, 11) is 0. The van der Waals surface area contributed by atoms with E-state index in [0.29, 0.717) is 35.0 Å². The van der Waals surface area contributed by atoms with Gasteiger partial charge in [0.2, 0.25) is 0 Å². The number of benzene rings is 2. The molecule has 0 saturated heterocycles. The van der Waals surface area contributed by atoms with Crippen molar-refractivity contribution < 1.29 is 23.5 Å². The molecule has 0 aliphatic rings. The number of hydrogen-bond donors (Lipinski definition) is 1. The van der Waals surface area contributed by atoms with Crippen LogP contribution in [0.5, 0.6) is 17.2 Å². The fourth-order valence-electron chi connectivity index (χ4n) is 3.05. The molecule has 192 valence electrons. The van der Waals surface area contributed by atoms with Crippen molar-refractivity contribution in [3.63, 3.8) is 0 Å². The summed E-state index contributed by atoms with van der Waals surface area (Å²) in [6.45, 7) is 14.6. The number of nitroso groups, excluding NO2 is 1. The van der Waals surface area contributed by atoms with Crippen LogP contribution in [0.3, 0.4) is 0 Å². The number of aryl methyl sites for hydroxylation is 2. The molecular weight excluding hydrogens is 467 g/mol. The van der Waals surface area contributed by atoms with Gasteiger partial charge in [-0.25, -0.2) is 4.39 Å². The molecule has 9 nitrogen and oxygen atoms in total.